The fourth-order valence-corrected chi connectivity index (χ4v) is 8.52. The molecule has 0 spiro atoms. The maximum absolute atomic E-state index is 6.75. The van der Waals surface area contributed by atoms with Crippen molar-refractivity contribution in [3.8, 4) is 34.1 Å². The zero-order chi connectivity index (χ0) is 37.4. The van der Waals surface area contributed by atoms with E-state index in [9.17, 15) is 0 Å². The molecule has 1 unspecified atom stereocenters. The van der Waals surface area contributed by atoms with Crippen molar-refractivity contribution in [1.82, 2.24) is 19.3 Å². The average Bonchev–Trinajstić information content (AvgIpc) is 3.75. The molecule has 0 radical (unpaired) electrons. The fourth-order valence-electron chi connectivity index (χ4n) is 8.52. The van der Waals surface area contributed by atoms with Crippen molar-refractivity contribution in [2.45, 2.75) is 106 Å². The molecule has 3 heterocycles. The highest BCUT2D eigenvalue weighted by atomic mass is 16.5. The van der Waals surface area contributed by atoms with Crippen LogP contribution in [0.1, 0.15) is 118 Å². The Kier molecular flexibility index (Phi) is 10.3. The van der Waals surface area contributed by atoms with E-state index in [-0.39, 0.29) is 0 Å². The Labute approximate surface area is 315 Å². The van der Waals surface area contributed by atoms with Crippen LogP contribution in [0.5, 0.6) is 11.5 Å². The Bertz CT molecular complexity index is 2370. The van der Waals surface area contributed by atoms with E-state index in [2.05, 4.69) is 152 Å². The number of para-hydroxylation sites is 1. The summed E-state index contributed by atoms with van der Waals surface area (Å²) in [6.07, 6.45) is 10.8. The van der Waals surface area contributed by atoms with Crippen LogP contribution in [0, 0.1) is 20.8 Å². The Morgan fingerprint density at radius 2 is 1.40 bits per heavy atom. The molecular formula is C48H54N4O. The molecule has 53 heavy (non-hydrogen) atoms. The van der Waals surface area contributed by atoms with Crippen molar-refractivity contribution in [3.05, 3.63) is 131 Å². The van der Waals surface area contributed by atoms with Crippen LogP contribution in [0.4, 0.5) is 0 Å². The third-order valence-corrected chi connectivity index (χ3v) is 11.0. The molecule has 2 atom stereocenters. The fraction of sp³-hybridized carbons (Fsp3) is 0.333. The summed E-state index contributed by atoms with van der Waals surface area (Å²) < 4.78 is 11.0. The molecule has 0 aliphatic rings. The number of benzene rings is 4. The minimum absolute atomic E-state index is 0.312. The molecule has 5 heteroatoms. The average molecular weight is 703 g/mol. The van der Waals surface area contributed by atoms with E-state index >= 15 is 0 Å². The van der Waals surface area contributed by atoms with Crippen LogP contribution in [0.25, 0.3) is 44.4 Å². The van der Waals surface area contributed by atoms with Crippen LogP contribution in [0.3, 0.4) is 0 Å². The second kappa shape index (κ2) is 15.1. The van der Waals surface area contributed by atoms with E-state index in [1.807, 2.05) is 16.9 Å². The summed E-state index contributed by atoms with van der Waals surface area (Å²) in [4.78, 5) is 4.77. The molecule has 7 rings (SSSR count). The van der Waals surface area contributed by atoms with Gasteiger partial charge in [-0.05, 0) is 133 Å². The first-order valence-electron chi connectivity index (χ1n) is 19.6. The Morgan fingerprint density at radius 3 is 2.08 bits per heavy atom. The molecule has 4 aromatic carbocycles. The predicted octanol–water partition coefficient (Wildman–Crippen LogP) is 13.7. The van der Waals surface area contributed by atoms with Crippen LogP contribution in [-0.2, 0) is 0 Å². The first-order chi connectivity index (χ1) is 25.6. The van der Waals surface area contributed by atoms with Crippen LogP contribution in [0.15, 0.2) is 97.5 Å². The minimum Gasteiger partial charge on any atom is -0.457 e. The van der Waals surface area contributed by atoms with Crippen molar-refractivity contribution in [2.24, 2.45) is 0 Å². The quantitative estimate of drug-likeness (QED) is 0.127. The largest absolute Gasteiger partial charge is 0.457 e. The smallest absolute Gasteiger partial charge is 0.137 e. The highest BCUT2D eigenvalue weighted by Crippen LogP contribution is 2.43. The van der Waals surface area contributed by atoms with Gasteiger partial charge in [-0.15, -0.1) is 0 Å². The lowest BCUT2D eigenvalue weighted by Crippen LogP contribution is -2.08. The number of hydrogen-bond donors (Lipinski definition) is 0. The van der Waals surface area contributed by atoms with Gasteiger partial charge in [0.05, 0.1) is 22.9 Å². The van der Waals surface area contributed by atoms with E-state index in [1.165, 1.54) is 55.3 Å². The molecule has 0 fully saturated rings. The summed E-state index contributed by atoms with van der Waals surface area (Å²) >= 11 is 0. The number of nitrogens with zero attached hydrogens (tertiary/aromatic N) is 4. The molecule has 0 N–H and O–H groups in total. The zero-order valence-electron chi connectivity index (χ0n) is 33.0. The van der Waals surface area contributed by atoms with Gasteiger partial charge in [0.15, 0.2) is 0 Å². The SMILES string of the molecule is CCCC(C)c1c(C)cc(C)c([C@H](C)CCC)c1-c1cnn(-c2cc(Oc3ccc4c5ccccc5n(-c5cc(C)ccn5)c4c3)cc(C(C)C)c2)c1. The van der Waals surface area contributed by atoms with Gasteiger partial charge in [-0.3, -0.25) is 4.57 Å². The van der Waals surface area contributed by atoms with Gasteiger partial charge in [0.25, 0.3) is 0 Å². The molecule has 272 valence electrons. The summed E-state index contributed by atoms with van der Waals surface area (Å²) in [5, 5.41) is 7.40. The number of rotatable bonds is 12. The standard InChI is InChI=1S/C48H54N4O/c1-10-14-32(6)46-34(8)23-35(9)47(33(7)15-11-2)48(46)37-28-50-51(29-37)38-24-36(30(3)4)25-40(26-38)53-39-18-19-42-41-16-12-13-17-43(41)52(44(42)27-39)45-22-31(5)20-21-49-45/h12-13,16-30,32-33H,10-11,14-15H2,1-9H3/t32-,33?/m1/s1. The highest BCUT2D eigenvalue weighted by Gasteiger charge is 2.24. The Balaban J connectivity index is 1.32. The van der Waals surface area contributed by atoms with Crippen LogP contribution in [-0.4, -0.2) is 19.3 Å². The molecule has 7 aromatic rings. The van der Waals surface area contributed by atoms with E-state index in [4.69, 9.17) is 14.8 Å². The number of pyridine rings is 1. The molecule has 0 aliphatic heterocycles. The number of ether oxygens (including phenoxy) is 1. The highest BCUT2D eigenvalue weighted by molar-refractivity contribution is 6.09. The van der Waals surface area contributed by atoms with Crippen molar-refractivity contribution in [3.63, 3.8) is 0 Å². The summed E-state index contributed by atoms with van der Waals surface area (Å²) in [5.74, 6) is 3.71. The topological polar surface area (TPSA) is 44.9 Å². The predicted molar refractivity (Wildman–Crippen MR) is 223 cm³/mol. The van der Waals surface area contributed by atoms with Gasteiger partial charge in [0, 0.05) is 40.9 Å². The van der Waals surface area contributed by atoms with Gasteiger partial charge in [0.1, 0.15) is 17.3 Å². The number of hydrogen-bond acceptors (Lipinski definition) is 3. The van der Waals surface area contributed by atoms with Crippen molar-refractivity contribution in [2.75, 3.05) is 0 Å². The van der Waals surface area contributed by atoms with Crippen LogP contribution < -0.4 is 4.74 Å². The van der Waals surface area contributed by atoms with Crippen molar-refractivity contribution in [1.29, 1.82) is 0 Å². The van der Waals surface area contributed by atoms with Crippen molar-refractivity contribution >= 4 is 21.8 Å². The molecule has 0 saturated heterocycles. The van der Waals surface area contributed by atoms with E-state index in [0.717, 1.165) is 59.7 Å². The number of aromatic nitrogens is 4. The van der Waals surface area contributed by atoms with Gasteiger partial charge >= 0.3 is 0 Å². The maximum Gasteiger partial charge on any atom is 0.137 e. The second-order valence-electron chi connectivity index (χ2n) is 15.5. The normalized spacial score (nSPS) is 12.9. The first-order valence-corrected chi connectivity index (χ1v) is 19.6. The molecular weight excluding hydrogens is 649 g/mol. The van der Waals surface area contributed by atoms with Gasteiger partial charge < -0.3 is 4.74 Å². The van der Waals surface area contributed by atoms with Gasteiger partial charge in [-0.2, -0.15) is 5.10 Å². The molecule has 5 nitrogen and oxygen atoms in total. The summed E-state index contributed by atoms with van der Waals surface area (Å²) in [6.45, 7) is 20.5. The van der Waals surface area contributed by atoms with Gasteiger partial charge in [-0.1, -0.05) is 78.6 Å². The monoisotopic (exact) mass is 702 g/mol. The lowest BCUT2D eigenvalue weighted by atomic mass is 9.78. The van der Waals surface area contributed by atoms with Crippen molar-refractivity contribution < 1.29 is 4.74 Å². The van der Waals surface area contributed by atoms with Gasteiger partial charge in [0.2, 0.25) is 0 Å². The summed E-state index contributed by atoms with van der Waals surface area (Å²) in [7, 11) is 0. The van der Waals surface area contributed by atoms with Gasteiger partial charge in [-0.25, -0.2) is 9.67 Å². The number of fused-ring (bicyclic) bond motifs is 3. The first kappa shape index (κ1) is 36.2. The van der Waals surface area contributed by atoms with E-state index in [0.29, 0.717) is 17.8 Å². The molecule has 0 saturated carbocycles. The minimum atomic E-state index is 0.312. The summed E-state index contributed by atoms with van der Waals surface area (Å²) in [6, 6.07) is 28.0. The molecule has 0 amide bonds. The molecule has 0 aliphatic carbocycles. The number of aryl methyl sites for hydroxylation is 3. The third-order valence-electron chi connectivity index (χ3n) is 11.0. The Hall–Kier alpha value is -5.16. The van der Waals surface area contributed by atoms with E-state index < -0.39 is 0 Å². The second-order valence-corrected chi connectivity index (χ2v) is 15.5. The molecule has 0 bridgehead atoms. The maximum atomic E-state index is 6.75. The third kappa shape index (κ3) is 7.02. The lowest BCUT2D eigenvalue weighted by Gasteiger charge is -2.26. The van der Waals surface area contributed by atoms with Crippen LogP contribution >= 0.6 is 0 Å². The lowest BCUT2D eigenvalue weighted by molar-refractivity contribution is 0.481. The van der Waals surface area contributed by atoms with Crippen LogP contribution in [0.2, 0.25) is 0 Å². The Morgan fingerprint density at radius 1 is 0.698 bits per heavy atom. The molecule has 3 aromatic heterocycles. The summed E-state index contributed by atoms with van der Waals surface area (Å²) in [5.41, 5.74) is 13.8. The zero-order valence-corrected chi connectivity index (χ0v) is 33.0. The van der Waals surface area contributed by atoms with E-state index in [1.54, 1.807) is 0 Å².